The van der Waals surface area contributed by atoms with E-state index in [1.54, 1.807) is 13.2 Å². The van der Waals surface area contributed by atoms with Crippen LogP contribution in [0.3, 0.4) is 0 Å². The molecule has 0 aliphatic carbocycles. The monoisotopic (exact) mass is 287 g/mol. The van der Waals surface area contributed by atoms with E-state index in [1.807, 2.05) is 6.07 Å². The van der Waals surface area contributed by atoms with Gasteiger partial charge in [0.25, 0.3) is 0 Å². The third-order valence-corrected chi connectivity index (χ3v) is 3.50. The van der Waals surface area contributed by atoms with Gasteiger partial charge in [0.1, 0.15) is 5.82 Å². The van der Waals surface area contributed by atoms with Crippen LogP contribution in [-0.4, -0.2) is 20.3 Å². The Morgan fingerprint density at radius 3 is 2.52 bits per heavy atom. The summed E-state index contributed by atoms with van der Waals surface area (Å²) in [7, 11) is 1.70. The maximum atomic E-state index is 13.6. The molecule has 0 heterocycles. The lowest BCUT2D eigenvalue weighted by atomic mass is 9.98. The summed E-state index contributed by atoms with van der Waals surface area (Å²) < 4.78 is 18.6. The van der Waals surface area contributed by atoms with Crippen molar-refractivity contribution >= 4 is 0 Å². The van der Waals surface area contributed by atoms with Gasteiger partial charge in [0.05, 0.1) is 6.61 Å². The Bertz CT molecular complexity index is 566. The van der Waals surface area contributed by atoms with E-state index in [9.17, 15) is 4.39 Å². The Morgan fingerprint density at radius 1 is 1.10 bits per heavy atom. The van der Waals surface area contributed by atoms with Crippen LogP contribution in [0.25, 0.3) is 11.1 Å². The molecule has 0 spiro atoms. The topological polar surface area (TPSA) is 21.3 Å². The van der Waals surface area contributed by atoms with Gasteiger partial charge >= 0.3 is 0 Å². The van der Waals surface area contributed by atoms with Crippen LogP contribution in [0, 0.1) is 5.82 Å². The van der Waals surface area contributed by atoms with E-state index in [4.69, 9.17) is 4.74 Å². The summed E-state index contributed by atoms with van der Waals surface area (Å²) in [6.07, 6.45) is 0.893. The average molecular weight is 287 g/mol. The van der Waals surface area contributed by atoms with E-state index in [0.717, 1.165) is 36.2 Å². The molecule has 0 radical (unpaired) electrons. The smallest absolute Gasteiger partial charge is 0.123 e. The SMILES string of the molecule is CCNCc1ccc(F)cc1-c1ccc(CCOC)cc1. The van der Waals surface area contributed by atoms with Crippen LogP contribution in [-0.2, 0) is 17.7 Å². The van der Waals surface area contributed by atoms with Crippen LogP contribution in [0.2, 0.25) is 0 Å². The minimum absolute atomic E-state index is 0.200. The molecule has 2 aromatic rings. The first-order valence-corrected chi connectivity index (χ1v) is 7.32. The van der Waals surface area contributed by atoms with Crippen LogP contribution in [0.1, 0.15) is 18.1 Å². The molecule has 0 amide bonds. The summed E-state index contributed by atoms with van der Waals surface area (Å²) in [5.74, 6) is -0.200. The summed E-state index contributed by atoms with van der Waals surface area (Å²) in [6, 6.07) is 13.2. The van der Waals surface area contributed by atoms with E-state index < -0.39 is 0 Å². The Balaban J connectivity index is 2.25. The molecule has 0 aliphatic rings. The maximum Gasteiger partial charge on any atom is 0.123 e. The van der Waals surface area contributed by atoms with Gasteiger partial charge in [-0.1, -0.05) is 37.3 Å². The maximum absolute atomic E-state index is 13.6. The zero-order valence-corrected chi connectivity index (χ0v) is 12.7. The quantitative estimate of drug-likeness (QED) is 0.836. The molecule has 0 aliphatic heterocycles. The largest absolute Gasteiger partial charge is 0.384 e. The summed E-state index contributed by atoms with van der Waals surface area (Å²) in [5.41, 5.74) is 4.34. The molecular weight excluding hydrogens is 265 g/mol. The van der Waals surface area contributed by atoms with Crippen molar-refractivity contribution in [2.75, 3.05) is 20.3 Å². The standard InChI is InChI=1S/C18H22FNO/c1-3-20-13-16-8-9-17(19)12-18(16)15-6-4-14(5-7-15)10-11-21-2/h4-9,12,20H,3,10-11,13H2,1-2H3. The molecular formula is C18H22FNO. The lowest BCUT2D eigenvalue weighted by Crippen LogP contribution is -2.12. The fourth-order valence-corrected chi connectivity index (χ4v) is 2.30. The number of ether oxygens (including phenoxy) is 1. The second-order valence-corrected chi connectivity index (χ2v) is 5.02. The van der Waals surface area contributed by atoms with Crippen LogP contribution in [0.4, 0.5) is 4.39 Å². The van der Waals surface area contributed by atoms with Gasteiger partial charge in [0.15, 0.2) is 0 Å². The Hall–Kier alpha value is -1.71. The molecule has 1 N–H and O–H groups in total. The average Bonchev–Trinajstić information content (AvgIpc) is 2.52. The Kier molecular flexibility index (Phi) is 5.90. The van der Waals surface area contributed by atoms with E-state index in [0.29, 0.717) is 6.61 Å². The van der Waals surface area contributed by atoms with Gasteiger partial charge in [-0.05, 0) is 47.4 Å². The van der Waals surface area contributed by atoms with E-state index >= 15 is 0 Å². The second kappa shape index (κ2) is 7.91. The number of benzene rings is 2. The molecule has 2 aromatic carbocycles. The predicted octanol–water partition coefficient (Wildman–Crippen LogP) is 3.79. The number of halogens is 1. The van der Waals surface area contributed by atoms with E-state index in [2.05, 4.69) is 36.5 Å². The zero-order chi connectivity index (χ0) is 15.1. The minimum Gasteiger partial charge on any atom is -0.384 e. The Labute approximate surface area is 126 Å². The number of nitrogens with one attached hydrogen (secondary N) is 1. The molecule has 3 heteroatoms. The first-order chi connectivity index (χ1) is 10.2. The molecule has 0 fully saturated rings. The van der Waals surface area contributed by atoms with Gasteiger partial charge in [-0.25, -0.2) is 4.39 Å². The van der Waals surface area contributed by atoms with Crippen molar-refractivity contribution in [3.63, 3.8) is 0 Å². The van der Waals surface area contributed by atoms with Crippen molar-refractivity contribution in [3.05, 3.63) is 59.4 Å². The molecule has 112 valence electrons. The summed E-state index contributed by atoms with van der Waals surface area (Å²) in [4.78, 5) is 0. The summed E-state index contributed by atoms with van der Waals surface area (Å²) >= 11 is 0. The van der Waals surface area contributed by atoms with E-state index in [-0.39, 0.29) is 5.82 Å². The predicted molar refractivity (Wildman–Crippen MR) is 84.8 cm³/mol. The molecule has 0 saturated carbocycles. The minimum atomic E-state index is -0.200. The number of rotatable bonds is 7. The number of hydrogen-bond donors (Lipinski definition) is 1. The summed E-state index contributed by atoms with van der Waals surface area (Å²) in [6.45, 7) is 4.42. The molecule has 0 bridgehead atoms. The second-order valence-electron chi connectivity index (χ2n) is 5.02. The lowest BCUT2D eigenvalue weighted by Gasteiger charge is -2.11. The van der Waals surface area contributed by atoms with Crippen LogP contribution in [0.5, 0.6) is 0 Å². The zero-order valence-electron chi connectivity index (χ0n) is 12.7. The molecule has 2 rings (SSSR count). The van der Waals surface area contributed by atoms with Gasteiger partial charge < -0.3 is 10.1 Å². The first kappa shape index (κ1) is 15.7. The van der Waals surface area contributed by atoms with Crippen molar-refractivity contribution in [1.29, 1.82) is 0 Å². The van der Waals surface area contributed by atoms with Crippen molar-refractivity contribution in [2.24, 2.45) is 0 Å². The molecule has 0 aromatic heterocycles. The van der Waals surface area contributed by atoms with Crippen molar-refractivity contribution in [3.8, 4) is 11.1 Å². The highest BCUT2D eigenvalue weighted by atomic mass is 19.1. The highest BCUT2D eigenvalue weighted by Crippen LogP contribution is 2.25. The Morgan fingerprint density at radius 2 is 1.86 bits per heavy atom. The van der Waals surface area contributed by atoms with Gasteiger partial charge in [-0.3, -0.25) is 0 Å². The third kappa shape index (κ3) is 4.38. The van der Waals surface area contributed by atoms with E-state index in [1.165, 1.54) is 11.6 Å². The van der Waals surface area contributed by atoms with Gasteiger partial charge in [0, 0.05) is 13.7 Å². The van der Waals surface area contributed by atoms with Crippen LogP contribution >= 0.6 is 0 Å². The number of methoxy groups -OCH3 is 1. The normalized spacial score (nSPS) is 10.8. The van der Waals surface area contributed by atoms with Crippen molar-refractivity contribution < 1.29 is 9.13 Å². The molecule has 2 nitrogen and oxygen atoms in total. The fourth-order valence-electron chi connectivity index (χ4n) is 2.30. The van der Waals surface area contributed by atoms with Gasteiger partial charge in [-0.15, -0.1) is 0 Å². The van der Waals surface area contributed by atoms with Crippen molar-refractivity contribution in [1.82, 2.24) is 5.32 Å². The highest BCUT2D eigenvalue weighted by Gasteiger charge is 2.07. The number of hydrogen-bond acceptors (Lipinski definition) is 2. The van der Waals surface area contributed by atoms with Crippen molar-refractivity contribution in [2.45, 2.75) is 19.9 Å². The highest BCUT2D eigenvalue weighted by molar-refractivity contribution is 5.67. The van der Waals surface area contributed by atoms with Gasteiger partial charge in [-0.2, -0.15) is 0 Å². The third-order valence-electron chi connectivity index (χ3n) is 3.50. The molecule has 0 atom stereocenters. The summed E-state index contributed by atoms with van der Waals surface area (Å²) in [5, 5.41) is 3.29. The van der Waals surface area contributed by atoms with Crippen LogP contribution < -0.4 is 5.32 Å². The molecule has 21 heavy (non-hydrogen) atoms. The lowest BCUT2D eigenvalue weighted by molar-refractivity contribution is 0.202. The van der Waals surface area contributed by atoms with Crippen LogP contribution in [0.15, 0.2) is 42.5 Å². The fraction of sp³-hybridized carbons (Fsp3) is 0.333. The first-order valence-electron chi connectivity index (χ1n) is 7.32. The van der Waals surface area contributed by atoms with Gasteiger partial charge in [0.2, 0.25) is 0 Å². The molecule has 0 saturated heterocycles. The molecule has 0 unspecified atom stereocenters.